The van der Waals surface area contributed by atoms with Gasteiger partial charge in [0, 0.05) is 5.25 Å². The lowest BCUT2D eigenvalue weighted by Gasteiger charge is -2.23. The molecule has 1 heterocycles. The topological polar surface area (TPSA) is 34.9 Å². The molecular formula is C15H17ClN2OS. The molecule has 1 aromatic carbocycles. The van der Waals surface area contributed by atoms with E-state index in [2.05, 4.69) is 11.2 Å². The molecule has 1 saturated carbocycles. The fraction of sp³-hybridized carbons (Fsp3) is 0.467. The summed E-state index contributed by atoms with van der Waals surface area (Å²) < 4.78 is 1.85. The average molecular weight is 309 g/mol. The smallest absolute Gasteiger partial charge is 0.261 e. The number of rotatable bonds is 3. The maximum Gasteiger partial charge on any atom is 0.261 e. The number of hydrogen-bond acceptors (Lipinski definition) is 3. The molecule has 106 valence electrons. The Balaban J connectivity index is 2.23. The lowest BCUT2D eigenvalue weighted by atomic mass is 10.2. The maximum absolute atomic E-state index is 12.8. The third-order valence-corrected chi connectivity index (χ3v) is 5.45. The van der Waals surface area contributed by atoms with Gasteiger partial charge in [-0.15, -0.1) is 11.6 Å². The van der Waals surface area contributed by atoms with Crippen molar-refractivity contribution in [1.29, 1.82) is 0 Å². The molecule has 0 radical (unpaired) electrons. The number of para-hydroxylation sites is 1. The van der Waals surface area contributed by atoms with Crippen molar-refractivity contribution in [2.24, 2.45) is 0 Å². The first-order chi connectivity index (χ1) is 9.76. The van der Waals surface area contributed by atoms with Crippen LogP contribution in [0.1, 0.15) is 31.1 Å². The Bertz CT molecular complexity index is 685. The van der Waals surface area contributed by atoms with Gasteiger partial charge >= 0.3 is 0 Å². The van der Waals surface area contributed by atoms with Crippen LogP contribution in [-0.2, 0) is 5.88 Å². The number of benzene rings is 1. The van der Waals surface area contributed by atoms with Crippen molar-refractivity contribution in [3.05, 3.63) is 40.4 Å². The second-order valence-corrected chi connectivity index (χ2v) is 6.47. The Morgan fingerprint density at radius 2 is 2.20 bits per heavy atom. The molecule has 2 atom stereocenters. The maximum atomic E-state index is 12.8. The second kappa shape index (κ2) is 5.78. The SMILES string of the molecule is CSC1CCCC1n1c(CCl)nc2ccccc2c1=O. The van der Waals surface area contributed by atoms with Gasteiger partial charge in [-0.05, 0) is 31.2 Å². The van der Waals surface area contributed by atoms with Gasteiger partial charge in [-0.25, -0.2) is 4.98 Å². The summed E-state index contributed by atoms with van der Waals surface area (Å²) >= 11 is 7.88. The van der Waals surface area contributed by atoms with E-state index in [1.54, 1.807) is 0 Å². The van der Waals surface area contributed by atoms with E-state index in [-0.39, 0.29) is 17.5 Å². The Kier molecular flexibility index (Phi) is 4.03. The van der Waals surface area contributed by atoms with Crippen LogP contribution in [0.2, 0.25) is 0 Å². The average Bonchev–Trinajstić information content (AvgIpc) is 2.95. The fourth-order valence-corrected chi connectivity index (χ4v) is 4.27. The van der Waals surface area contributed by atoms with Gasteiger partial charge in [0.15, 0.2) is 0 Å². The van der Waals surface area contributed by atoms with Crippen LogP contribution in [0.3, 0.4) is 0 Å². The van der Waals surface area contributed by atoms with Crippen molar-refractivity contribution in [2.45, 2.75) is 36.4 Å². The number of fused-ring (bicyclic) bond motifs is 1. The van der Waals surface area contributed by atoms with Crippen LogP contribution in [0.25, 0.3) is 10.9 Å². The van der Waals surface area contributed by atoms with Crippen LogP contribution >= 0.6 is 23.4 Å². The molecule has 1 aliphatic rings. The molecule has 20 heavy (non-hydrogen) atoms. The molecule has 3 rings (SSSR count). The first-order valence-electron chi connectivity index (χ1n) is 6.85. The Labute approximate surface area is 127 Å². The Morgan fingerprint density at radius 1 is 1.40 bits per heavy atom. The van der Waals surface area contributed by atoms with Crippen molar-refractivity contribution in [3.8, 4) is 0 Å². The van der Waals surface area contributed by atoms with Gasteiger partial charge in [-0.2, -0.15) is 11.8 Å². The normalized spacial score (nSPS) is 22.5. The lowest BCUT2D eigenvalue weighted by molar-refractivity contribution is 0.492. The zero-order chi connectivity index (χ0) is 14.1. The molecule has 0 bridgehead atoms. The molecule has 0 saturated heterocycles. The van der Waals surface area contributed by atoms with E-state index in [4.69, 9.17) is 11.6 Å². The quantitative estimate of drug-likeness (QED) is 0.813. The Morgan fingerprint density at radius 3 is 2.95 bits per heavy atom. The molecule has 2 aromatic rings. The molecule has 1 aromatic heterocycles. The highest BCUT2D eigenvalue weighted by Crippen LogP contribution is 2.37. The van der Waals surface area contributed by atoms with Crippen molar-refractivity contribution in [1.82, 2.24) is 9.55 Å². The lowest BCUT2D eigenvalue weighted by Crippen LogP contribution is -2.31. The van der Waals surface area contributed by atoms with Gasteiger partial charge in [0.05, 0.1) is 22.8 Å². The van der Waals surface area contributed by atoms with Crippen LogP contribution < -0.4 is 5.56 Å². The van der Waals surface area contributed by atoms with Gasteiger partial charge in [0.2, 0.25) is 0 Å². The summed E-state index contributed by atoms with van der Waals surface area (Å²) in [5.41, 5.74) is 0.792. The van der Waals surface area contributed by atoms with E-state index in [1.165, 1.54) is 0 Å². The van der Waals surface area contributed by atoms with Gasteiger partial charge in [-0.1, -0.05) is 18.6 Å². The number of alkyl halides is 1. The monoisotopic (exact) mass is 308 g/mol. The number of halogens is 1. The second-order valence-electron chi connectivity index (χ2n) is 5.13. The van der Waals surface area contributed by atoms with Crippen LogP contribution in [0.15, 0.2) is 29.1 Å². The first kappa shape index (κ1) is 14.0. The summed E-state index contributed by atoms with van der Waals surface area (Å²) in [6, 6.07) is 7.73. The third kappa shape index (κ3) is 2.25. The van der Waals surface area contributed by atoms with Crippen molar-refractivity contribution >= 4 is 34.3 Å². The summed E-state index contributed by atoms with van der Waals surface area (Å²) in [7, 11) is 0. The molecule has 0 N–H and O–H groups in total. The van der Waals surface area contributed by atoms with E-state index >= 15 is 0 Å². The molecule has 1 fully saturated rings. The summed E-state index contributed by atoms with van der Waals surface area (Å²) in [5, 5.41) is 1.17. The van der Waals surface area contributed by atoms with Gasteiger partial charge < -0.3 is 0 Å². The predicted molar refractivity (Wildman–Crippen MR) is 85.8 cm³/mol. The van der Waals surface area contributed by atoms with Crippen molar-refractivity contribution in [2.75, 3.05) is 6.26 Å². The minimum Gasteiger partial charge on any atom is -0.291 e. The highest BCUT2D eigenvalue weighted by Gasteiger charge is 2.30. The number of aromatic nitrogens is 2. The number of thioether (sulfide) groups is 1. The zero-order valence-electron chi connectivity index (χ0n) is 11.4. The summed E-state index contributed by atoms with van der Waals surface area (Å²) in [6.07, 6.45) is 5.47. The van der Waals surface area contributed by atoms with Gasteiger partial charge in [0.1, 0.15) is 5.82 Å². The molecule has 5 heteroatoms. The molecular weight excluding hydrogens is 292 g/mol. The van der Waals surface area contributed by atoms with E-state index in [0.717, 1.165) is 24.8 Å². The molecule has 2 unspecified atom stereocenters. The largest absolute Gasteiger partial charge is 0.291 e. The molecule has 0 amide bonds. The van der Waals surface area contributed by atoms with Crippen LogP contribution in [0, 0.1) is 0 Å². The fourth-order valence-electron chi connectivity index (χ4n) is 3.10. The molecule has 0 aliphatic heterocycles. The highest BCUT2D eigenvalue weighted by molar-refractivity contribution is 7.99. The zero-order valence-corrected chi connectivity index (χ0v) is 13.0. The van der Waals surface area contributed by atoms with Crippen LogP contribution in [0.5, 0.6) is 0 Å². The molecule has 3 nitrogen and oxygen atoms in total. The van der Waals surface area contributed by atoms with Gasteiger partial charge in [0.25, 0.3) is 5.56 Å². The summed E-state index contributed by atoms with van der Waals surface area (Å²) in [6.45, 7) is 0. The van der Waals surface area contributed by atoms with Crippen LogP contribution in [0.4, 0.5) is 0 Å². The number of hydrogen-bond donors (Lipinski definition) is 0. The third-order valence-electron chi connectivity index (χ3n) is 4.05. The first-order valence-corrected chi connectivity index (χ1v) is 8.67. The minimum absolute atomic E-state index is 0.0530. The van der Waals surface area contributed by atoms with Crippen LogP contribution in [-0.4, -0.2) is 21.1 Å². The summed E-state index contributed by atoms with van der Waals surface area (Å²) in [4.78, 5) is 17.4. The molecule has 1 aliphatic carbocycles. The predicted octanol–water partition coefficient (Wildman–Crippen LogP) is 3.59. The molecule has 0 spiro atoms. The van der Waals surface area contributed by atoms with E-state index in [9.17, 15) is 4.79 Å². The highest BCUT2D eigenvalue weighted by atomic mass is 35.5. The standard InChI is InChI=1S/C15H17ClN2OS/c1-20-13-8-4-7-12(13)18-14(9-16)17-11-6-3-2-5-10(11)15(18)19/h2-3,5-6,12-13H,4,7-9H2,1H3. The van der Waals surface area contributed by atoms with E-state index in [1.807, 2.05) is 40.6 Å². The van der Waals surface area contributed by atoms with Gasteiger partial charge in [-0.3, -0.25) is 9.36 Å². The van der Waals surface area contributed by atoms with Crippen molar-refractivity contribution < 1.29 is 0 Å². The van der Waals surface area contributed by atoms with E-state index in [0.29, 0.717) is 16.5 Å². The number of nitrogens with zero attached hydrogens (tertiary/aromatic N) is 2. The minimum atomic E-state index is 0.0530. The Hall–Kier alpha value is -1.00. The van der Waals surface area contributed by atoms with Crippen molar-refractivity contribution in [3.63, 3.8) is 0 Å². The summed E-state index contributed by atoms with van der Waals surface area (Å²) in [5.74, 6) is 0.971. The van der Waals surface area contributed by atoms with E-state index < -0.39 is 0 Å².